The predicted molar refractivity (Wildman–Crippen MR) is 120 cm³/mol. The van der Waals surface area contributed by atoms with Gasteiger partial charge in [0.15, 0.2) is 0 Å². The number of benzene rings is 3. The normalized spacial score (nSPS) is 28.2. The quantitative estimate of drug-likeness (QED) is 0.300. The first-order valence-corrected chi connectivity index (χ1v) is 11.0. The molecule has 0 saturated carbocycles. The van der Waals surface area contributed by atoms with E-state index < -0.39 is 17.3 Å². The standard InChI is InChI=1S/C25H16INO3/c26-18-11-5-6-12-19(18)27-23(29)21-20-14-7-1-3-9-16(14)25(13-28,22(21)24(27)30)17-10-4-2-8-15(17)20/h1-13,20-22H/t20?,21-,22+,25?/m1/s1. The average Bonchev–Trinajstić information content (AvgIpc) is 3.05. The summed E-state index contributed by atoms with van der Waals surface area (Å²) in [5.41, 5.74) is 3.13. The van der Waals surface area contributed by atoms with Crippen LogP contribution in [0.25, 0.3) is 0 Å². The van der Waals surface area contributed by atoms with Crippen LogP contribution in [0.15, 0.2) is 72.8 Å². The van der Waals surface area contributed by atoms with Crippen LogP contribution in [-0.4, -0.2) is 18.1 Å². The number of aldehydes is 1. The Balaban J connectivity index is 1.67. The Kier molecular flexibility index (Phi) is 3.67. The summed E-state index contributed by atoms with van der Waals surface area (Å²) in [5.74, 6) is -2.03. The third-order valence-corrected chi connectivity index (χ3v) is 7.88. The second kappa shape index (κ2) is 6.11. The van der Waals surface area contributed by atoms with E-state index in [-0.39, 0.29) is 17.7 Å². The van der Waals surface area contributed by atoms with Crippen LogP contribution in [0.4, 0.5) is 5.69 Å². The number of hydrogen-bond acceptors (Lipinski definition) is 3. The molecule has 2 amide bonds. The van der Waals surface area contributed by atoms with E-state index in [0.29, 0.717) is 5.69 Å². The van der Waals surface area contributed by atoms with Gasteiger partial charge < -0.3 is 4.79 Å². The Morgan fingerprint density at radius 2 is 1.37 bits per heavy atom. The van der Waals surface area contributed by atoms with Crippen molar-refractivity contribution in [3.05, 3.63) is 98.6 Å². The number of hydrogen-bond donors (Lipinski definition) is 0. The number of anilines is 1. The maximum absolute atomic E-state index is 13.8. The summed E-state index contributed by atoms with van der Waals surface area (Å²) in [6.07, 6.45) is 0.905. The van der Waals surface area contributed by atoms with Gasteiger partial charge in [0.1, 0.15) is 6.29 Å². The van der Waals surface area contributed by atoms with Crippen LogP contribution in [0.2, 0.25) is 0 Å². The third kappa shape index (κ3) is 1.94. The molecule has 0 radical (unpaired) electrons. The maximum Gasteiger partial charge on any atom is 0.239 e. The minimum absolute atomic E-state index is 0.214. The van der Waals surface area contributed by atoms with E-state index in [2.05, 4.69) is 22.6 Å². The molecule has 3 aliphatic carbocycles. The molecule has 4 nitrogen and oxygen atoms in total. The molecule has 7 rings (SSSR count). The Morgan fingerprint density at radius 3 is 1.97 bits per heavy atom. The number of imide groups is 1. The number of nitrogens with zero attached hydrogens (tertiary/aromatic N) is 1. The lowest BCUT2D eigenvalue weighted by Crippen LogP contribution is -2.54. The average molecular weight is 505 g/mol. The van der Waals surface area contributed by atoms with E-state index in [1.165, 1.54) is 4.90 Å². The summed E-state index contributed by atoms with van der Waals surface area (Å²) in [6.45, 7) is 0. The molecule has 30 heavy (non-hydrogen) atoms. The summed E-state index contributed by atoms with van der Waals surface area (Å²) >= 11 is 2.15. The zero-order valence-electron chi connectivity index (χ0n) is 15.8. The minimum atomic E-state index is -1.14. The number of rotatable bonds is 2. The first-order valence-electron chi connectivity index (χ1n) is 9.88. The Labute approximate surface area is 187 Å². The van der Waals surface area contributed by atoms with Gasteiger partial charge in [0.2, 0.25) is 11.8 Å². The van der Waals surface area contributed by atoms with E-state index in [4.69, 9.17) is 0 Å². The Hall–Kier alpha value is -2.80. The summed E-state index contributed by atoms with van der Waals surface area (Å²) < 4.78 is 0.831. The van der Waals surface area contributed by atoms with Gasteiger partial charge >= 0.3 is 0 Å². The molecule has 5 heteroatoms. The lowest BCUT2D eigenvalue weighted by Gasteiger charge is -2.51. The van der Waals surface area contributed by atoms with E-state index in [1.54, 1.807) is 6.07 Å². The van der Waals surface area contributed by atoms with Crippen molar-refractivity contribution < 1.29 is 14.4 Å². The summed E-state index contributed by atoms with van der Waals surface area (Å²) in [4.78, 5) is 41.8. The molecule has 1 fully saturated rings. The maximum atomic E-state index is 13.8. The third-order valence-electron chi connectivity index (χ3n) is 6.96. The molecule has 4 aliphatic rings. The molecule has 0 unspecified atom stereocenters. The molecule has 2 bridgehead atoms. The van der Waals surface area contributed by atoms with Crippen molar-refractivity contribution in [1.29, 1.82) is 0 Å². The molecular formula is C25H16INO3. The van der Waals surface area contributed by atoms with Crippen LogP contribution in [0, 0.1) is 15.4 Å². The first kappa shape index (κ1) is 18.0. The van der Waals surface area contributed by atoms with Crippen LogP contribution in [-0.2, 0) is 19.8 Å². The highest BCUT2D eigenvalue weighted by atomic mass is 127. The fraction of sp³-hybridized carbons (Fsp3) is 0.160. The highest BCUT2D eigenvalue weighted by Gasteiger charge is 2.68. The highest BCUT2D eigenvalue weighted by molar-refractivity contribution is 14.1. The van der Waals surface area contributed by atoms with Crippen molar-refractivity contribution in [3.8, 4) is 0 Å². The van der Waals surface area contributed by atoms with E-state index >= 15 is 0 Å². The van der Waals surface area contributed by atoms with E-state index in [9.17, 15) is 14.4 Å². The molecule has 2 atom stereocenters. The molecule has 1 saturated heterocycles. The largest absolute Gasteiger partial charge is 0.302 e. The molecule has 0 aromatic heterocycles. The molecule has 3 aromatic carbocycles. The van der Waals surface area contributed by atoms with Gasteiger partial charge in [-0.1, -0.05) is 60.7 Å². The van der Waals surface area contributed by atoms with Gasteiger partial charge in [0, 0.05) is 9.49 Å². The van der Waals surface area contributed by atoms with Gasteiger partial charge in [-0.25, -0.2) is 4.90 Å². The fourth-order valence-corrected chi connectivity index (χ4v) is 6.53. The first-order chi connectivity index (χ1) is 14.6. The molecule has 3 aromatic rings. The second-order valence-electron chi connectivity index (χ2n) is 8.11. The van der Waals surface area contributed by atoms with Gasteiger partial charge in [0.05, 0.1) is 22.9 Å². The fourth-order valence-electron chi connectivity index (χ4n) is 5.90. The predicted octanol–water partition coefficient (Wildman–Crippen LogP) is 4.04. The van der Waals surface area contributed by atoms with Gasteiger partial charge in [-0.3, -0.25) is 9.59 Å². The summed E-state index contributed by atoms with van der Waals surface area (Å²) in [6, 6.07) is 22.9. The van der Waals surface area contributed by atoms with Gasteiger partial charge in [-0.2, -0.15) is 0 Å². The molecule has 146 valence electrons. The second-order valence-corrected chi connectivity index (χ2v) is 9.27. The van der Waals surface area contributed by atoms with E-state index in [1.807, 2.05) is 66.7 Å². The van der Waals surface area contributed by atoms with Crippen molar-refractivity contribution in [3.63, 3.8) is 0 Å². The number of amides is 2. The van der Waals surface area contributed by atoms with E-state index in [0.717, 1.165) is 32.1 Å². The number of para-hydroxylation sites is 1. The zero-order valence-corrected chi connectivity index (χ0v) is 17.9. The van der Waals surface area contributed by atoms with Crippen LogP contribution in [0.5, 0.6) is 0 Å². The Morgan fingerprint density at radius 1 is 0.800 bits per heavy atom. The topological polar surface area (TPSA) is 54.5 Å². The zero-order chi connectivity index (χ0) is 20.6. The molecular weight excluding hydrogens is 489 g/mol. The summed E-state index contributed by atoms with van der Waals surface area (Å²) in [7, 11) is 0. The van der Waals surface area contributed by atoms with Gasteiger partial charge in [-0.15, -0.1) is 0 Å². The van der Waals surface area contributed by atoms with Crippen LogP contribution < -0.4 is 4.90 Å². The lowest BCUT2D eigenvalue weighted by atomic mass is 9.48. The molecule has 0 N–H and O–H groups in total. The monoisotopic (exact) mass is 505 g/mol. The van der Waals surface area contributed by atoms with Crippen molar-refractivity contribution in [2.75, 3.05) is 4.90 Å². The van der Waals surface area contributed by atoms with Crippen LogP contribution in [0.1, 0.15) is 28.2 Å². The minimum Gasteiger partial charge on any atom is -0.302 e. The van der Waals surface area contributed by atoms with Crippen molar-refractivity contribution in [2.24, 2.45) is 11.8 Å². The van der Waals surface area contributed by atoms with Crippen molar-refractivity contribution in [1.82, 2.24) is 0 Å². The van der Waals surface area contributed by atoms with Crippen molar-refractivity contribution in [2.45, 2.75) is 11.3 Å². The summed E-state index contributed by atoms with van der Waals surface area (Å²) in [5, 5.41) is 0. The van der Waals surface area contributed by atoms with Crippen molar-refractivity contribution >= 4 is 46.4 Å². The van der Waals surface area contributed by atoms with Crippen LogP contribution >= 0.6 is 22.6 Å². The number of halogens is 1. The SMILES string of the molecule is O=CC12c3ccccc3C(c3ccccc31)[C@H]1C(=O)N(c3ccccc3I)C(=O)[C@H]12. The number of carbonyl (C=O) groups excluding carboxylic acids is 3. The molecule has 0 spiro atoms. The molecule has 1 aliphatic heterocycles. The highest BCUT2D eigenvalue weighted by Crippen LogP contribution is 2.63. The van der Waals surface area contributed by atoms with Gasteiger partial charge in [-0.05, 0) is 57.0 Å². The smallest absolute Gasteiger partial charge is 0.239 e. The van der Waals surface area contributed by atoms with Crippen LogP contribution in [0.3, 0.4) is 0 Å². The van der Waals surface area contributed by atoms with Gasteiger partial charge in [0.25, 0.3) is 0 Å². The number of carbonyl (C=O) groups is 3. The molecule has 1 heterocycles. The lowest BCUT2D eigenvalue weighted by molar-refractivity contribution is -0.128. The Bertz CT molecular complexity index is 1220.